The highest BCUT2D eigenvalue weighted by atomic mass is 14.4. The molecule has 1 saturated carbocycles. The fourth-order valence-corrected chi connectivity index (χ4v) is 4.98. The minimum Gasteiger partial charge on any atom is -0.0808 e. The van der Waals surface area contributed by atoms with Crippen LogP contribution in [-0.2, 0) is 0 Å². The van der Waals surface area contributed by atoms with E-state index in [1.807, 2.05) is 0 Å². The second-order valence-corrected chi connectivity index (χ2v) is 6.98. The summed E-state index contributed by atoms with van der Waals surface area (Å²) in [6.07, 6.45) is 12.0. The summed E-state index contributed by atoms with van der Waals surface area (Å²) in [7, 11) is 0. The van der Waals surface area contributed by atoms with Crippen LogP contribution in [0.3, 0.4) is 0 Å². The Labute approximate surface area is 132 Å². The van der Waals surface area contributed by atoms with Crippen molar-refractivity contribution in [3.8, 4) is 11.1 Å². The van der Waals surface area contributed by atoms with Crippen molar-refractivity contribution in [2.45, 2.75) is 18.8 Å². The molecule has 108 valence electrons. The van der Waals surface area contributed by atoms with E-state index in [0.717, 1.165) is 17.8 Å². The Hall–Kier alpha value is -2.08. The normalized spacial score (nSPS) is 28.5. The van der Waals surface area contributed by atoms with Gasteiger partial charge in [0.1, 0.15) is 0 Å². The van der Waals surface area contributed by atoms with Crippen molar-refractivity contribution in [2.24, 2.45) is 17.8 Å². The van der Waals surface area contributed by atoms with E-state index in [1.165, 1.54) is 24.0 Å². The van der Waals surface area contributed by atoms with Gasteiger partial charge in [0.25, 0.3) is 0 Å². The Morgan fingerprint density at radius 3 is 1.68 bits per heavy atom. The molecule has 0 radical (unpaired) electrons. The van der Waals surface area contributed by atoms with E-state index in [0.29, 0.717) is 5.92 Å². The van der Waals surface area contributed by atoms with Crippen LogP contribution < -0.4 is 0 Å². The van der Waals surface area contributed by atoms with Crippen molar-refractivity contribution < 1.29 is 0 Å². The molecular formula is C22H20. The lowest BCUT2D eigenvalue weighted by atomic mass is 9.82. The van der Waals surface area contributed by atoms with Gasteiger partial charge in [-0.1, -0.05) is 72.8 Å². The fourth-order valence-electron chi connectivity index (χ4n) is 4.98. The zero-order valence-corrected chi connectivity index (χ0v) is 12.7. The molecule has 0 spiro atoms. The van der Waals surface area contributed by atoms with Crippen LogP contribution in [0, 0.1) is 17.8 Å². The second kappa shape index (κ2) is 4.71. The van der Waals surface area contributed by atoms with Crippen LogP contribution in [0.1, 0.15) is 29.9 Å². The van der Waals surface area contributed by atoms with Gasteiger partial charge in [0.05, 0.1) is 0 Å². The third-order valence-corrected chi connectivity index (χ3v) is 5.88. The summed E-state index contributed by atoms with van der Waals surface area (Å²) < 4.78 is 0. The molecule has 2 aromatic rings. The average molecular weight is 284 g/mol. The van der Waals surface area contributed by atoms with E-state index >= 15 is 0 Å². The van der Waals surface area contributed by atoms with Crippen molar-refractivity contribution in [3.63, 3.8) is 0 Å². The minimum absolute atomic E-state index is 0.597. The quantitative estimate of drug-likeness (QED) is 0.642. The maximum atomic E-state index is 2.43. The molecule has 1 fully saturated rings. The van der Waals surface area contributed by atoms with Crippen molar-refractivity contribution in [3.05, 3.63) is 84.0 Å². The molecule has 0 heterocycles. The third-order valence-electron chi connectivity index (χ3n) is 5.88. The third kappa shape index (κ3) is 1.70. The lowest BCUT2D eigenvalue weighted by molar-refractivity contribution is 0.475. The molecule has 2 aromatic carbocycles. The lowest BCUT2D eigenvalue weighted by Gasteiger charge is -2.21. The first kappa shape index (κ1) is 12.5. The summed E-state index contributed by atoms with van der Waals surface area (Å²) in [6.45, 7) is 0. The molecule has 0 N–H and O–H groups in total. The standard InChI is InChI=1S/C22H20/c1-2-8-16-14-17(13-15(16)7-1)22-20-11-5-3-9-18(20)19-10-4-6-12-21(19)22/h1-12,15-17,22H,13-14H2. The number of fused-ring (bicyclic) bond motifs is 4. The van der Waals surface area contributed by atoms with E-state index in [9.17, 15) is 0 Å². The van der Waals surface area contributed by atoms with Crippen molar-refractivity contribution in [2.75, 3.05) is 0 Å². The molecule has 0 aromatic heterocycles. The number of hydrogen-bond donors (Lipinski definition) is 0. The maximum absolute atomic E-state index is 2.43. The van der Waals surface area contributed by atoms with Crippen LogP contribution >= 0.6 is 0 Å². The van der Waals surface area contributed by atoms with Crippen LogP contribution in [0.25, 0.3) is 11.1 Å². The van der Waals surface area contributed by atoms with Gasteiger partial charge in [-0.15, -0.1) is 0 Å². The maximum Gasteiger partial charge on any atom is 0.0130 e. The van der Waals surface area contributed by atoms with E-state index < -0.39 is 0 Å². The zero-order valence-electron chi connectivity index (χ0n) is 12.7. The molecule has 0 bridgehead atoms. The summed E-state index contributed by atoms with van der Waals surface area (Å²) in [4.78, 5) is 0. The van der Waals surface area contributed by atoms with E-state index in [2.05, 4.69) is 72.8 Å². The molecular weight excluding hydrogens is 264 g/mol. The van der Waals surface area contributed by atoms with Gasteiger partial charge >= 0.3 is 0 Å². The minimum atomic E-state index is 0.597. The van der Waals surface area contributed by atoms with Gasteiger partial charge in [-0.05, 0) is 52.8 Å². The van der Waals surface area contributed by atoms with E-state index in [1.54, 1.807) is 11.1 Å². The molecule has 0 aliphatic heterocycles. The molecule has 3 aliphatic carbocycles. The first-order chi connectivity index (χ1) is 10.9. The Balaban J connectivity index is 1.60. The van der Waals surface area contributed by atoms with Gasteiger partial charge in [0.15, 0.2) is 0 Å². The Kier molecular flexibility index (Phi) is 2.67. The highest BCUT2D eigenvalue weighted by molar-refractivity contribution is 5.78. The summed E-state index contributed by atoms with van der Waals surface area (Å²) in [6, 6.07) is 18.1. The summed E-state index contributed by atoms with van der Waals surface area (Å²) in [5.74, 6) is 2.89. The topological polar surface area (TPSA) is 0 Å². The number of rotatable bonds is 1. The SMILES string of the molecule is C1=CC2CC(C3c4ccccc4-c4ccccc43)CC2C=C1. The molecule has 0 amide bonds. The Morgan fingerprint density at radius 1 is 0.636 bits per heavy atom. The number of allylic oxidation sites excluding steroid dienone is 4. The second-order valence-electron chi connectivity index (χ2n) is 6.98. The van der Waals surface area contributed by atoms with Crippen molar-refractivity contribution in [1.29, 1.82) is 0 Å². The predicted octanol–water partition coefficient (Wildman–Crippen LogP) is 5.57. The molecule has 5 rings (SSSR count). The van der Waals surface area contributed by atoms with Crippen LogP contribution in [0.5, 0.6) is 0 Å². The van der Waals surface area contributed by atoms with Gasteiger partial charge in [-0.25, -0.2) is 0 Å². The zero-order chi connectivity index (χ0) is 14.5. The monoisotopic (exact) mass is 284 g/mol. The first-order valence-electron chi connectivity index (χ1n) is 8.45. The van der Waals surface area contributed by atoms with Gasteiger partial charge < -0.3 is 0 Å². The molecule has 0 nitrogen and oxygen atoms in total. The largest absolute Gasteiger partial charge is 0.0808 e. The highest BCUT2D eigenvalue weighted by Gasteiger charge is 2.41. The van der Waals surface area contributed by atoms with Gasteiger partial charge in [-0.2, -0.15) is 0 Å². The molecule has 2 unspecified atom stereocenters. The van der Waals surface area contributed by atoms with Crippen molar-refractivity contribution in [1.82, 2.24) is 0 Å². The van der Waals surface area contributed by atoms with Gasteiger partial charge in [0, 0.05) is 5.92 Å². The van der Waals surface area contributed by atoms with Crippen LogP contribution in [0.15, 0.2) is 72.8 Å². The van der Waals surface area contributed by atoms with Crippen molar-refractivity contribution >= 4 is 0 Å². The molecule has 22 heavy (non-hydrogen) atoms. The molecule has 0 heteroatoms. The fraction of sp³-hybridized carbons (Fsp3) is 0.273. The average Bonchev–Trinajstić information content (AvgIpc) is 3.13. The smallest absolute Gasteiger partial charge is 0.0130 e. The summed E-state index contributed by atoms with van der Waals surface area (Å²) >= 11 is 0. The molecule has 2 atom stereocenters. The summed E-state index contributed by atoms with van der Waals surface area (Å²) in [5.41, 5.74) is 6.04. The first-order valence-corrected chi connectivity index (χ1v) is 8.45. The Bertz CT molecular complexity index is 715. The predicted molar refractivity (Wildman–Crippen MR) is 91.7 cm³/mol. The van der Waals surface area contributed by atoms with Gasteiger partial charge in [0.2, 0.25) is 0 Å². The Morgan fingerprint density at radius 2 is 1.14 bits per heavy atom. The number of hydrogen-bond acceptors (Lipinski definition) is 0. The number of benzene rings is 2. The van der Waals surface area contributed by atoms with Crippen LogP contribution in [0.2, 0.25) is 0 Å². The highest BCUT2D eigenvalue weighted by Crippen LogP contribution is 2.54. The van der Waals surface area contributed by atoms with Crippen LogP contribution in [0.4, 0.5) is 0 Å². The molecule has 0 saturated heterocycles. The van der Waals surface area contributed by atoms with Gasteiger partial charge in [-0.3, -0.25) is 0 Å². The summed E-state index contributed by atoms with van der Waals surface area (Å²) in [5, 5.41) is 0. The molecule has 3 aliphatic rings. The van der Waals surface area contributed by atoms with E-state index in [4.69, 9.17) is 0 Å². The van der Waals surface area contributed by atoms with E-state index in [-0.39, 0.29) is 0 Å². The lowest BCUT2D eigenvalue weighted by Crippen LogP contribution is -2.09. The van der Waals surface area contributed by atoms with Crippen LogP contribution in [-0.4, -0.2) is 0 Å².